The lowest BCUT2D eigenvalue weighted by molar-refractivity contribution is 0.242. The Morgan fingerprint density at radius 2 is 1.80 bits per heavy atom. The van der Waals surface area contributed by atoms with Gasteiger partial charge in [-0.25, -0.2) is 0 Å². The van der Waals surface area contributed by atoms with Crippen molar-refractivity contribution >= 4 is 0 Å². The van der Waals surface area contributed by atoms with Gasteiger partial charge in [0.05, 0.1) is 0 Å². The number of likely N-dealkylation sites (N-methyl/N-ethyl adjacent to an activating group) is 1. The molecular formula is C13H30N2. The molecule has 92 valence electrons. The Morgan fingerprint density at radius 3 is 2.20 bits per heavy atom. The first-order valence-corrected chi connectivity index (χ1v) is 6.38. The highest BCUT2D eigenvalue weighted by Crippen LogP contribution is 2.06. The number of nitrogens with one attached hydrogen (secondary N) is 1. The molecule has 0 heterocycles. The minimum atomic E-state index is 0.289. The van der Waals surface area contributed by atoms with Crippen LogP contribution in [0.15, 0.2) is 0 Å². The summed E-state index contributed by atoms with van der Waals surface area (Å²) in [5, 5.41) is 3.61. The van der Waals surface area contributed by atoms with E-state index < -0.39 is 0 Å². The normalized spacial score (nSPS) is 12.8. The maximum atomic E-state index is 3.61. The van der Waals surface area contributed by atoms with E-state index in [2.05, 4.69) is 51.8 Å². The molecule has 0 aliphatic carbocycles. The molecule has 0 spiro atoms. The van der Waals surface area contributed by atoms with Crippen molar-refractivity contribution in [3.05, 3.63) is 0 Å². The summed E-state index contributed by atoms with van der Waals surface area (Å²) >= 11 is 0. The van der Waals surface area contributed by atoms with Gasteiger partial charge >= 0.3 is 0 Å². The van der Waals surface area contributed by atoms with Gasteiger partial charge in [-0.3, -0.25) is 0 Å². The fraction of sp³-hybridized carbons (Fsp3) is 1.00. The summed E-state index contributed by atoms with van der Waals surface area (Å²) in [4.78, 5) is 2.52. The van der Waals surface area contributed by atoms with Gasteiger partial charge in [0, 0.05) is 25.2 Å². The predicted molar refractivity (Wildman–Crippen MR) is 69.3 cm³/mol. The number of rotatable bonds is 8. The Bertz CT molecular complexity index is 153. The Morgan fingerprint density at radius 1 is 1.20 bits per heavy atom. The molecule has 0 aliphatic heterocycles. The zero-order valence-electron chi connectivity index (χ0n) is 11.6. The molecule has 0 bridgehead atoms. The minimum Gasteiger partial charge on any atom is -0.311 e. The Kier molecular flexibility index (Phi) is 7.20. The van der Waals surface area contributed by atoms with Crippen molar-refractivity contribution in [1.82, 2.24) is 10.2 Å². The van der Waals surface area contributed by atoms with Gasteiger partial charge in [0.25, 0.3) is 0 Å². The smallest absolute Gasteiger partial charge is 0.0123 e. The number of hydrogen-bond donors (Lipinski definition) is 1. The maximum absolute atomic E-state index is 3.61. The SMILES string of the molecule is CCN(CCNC(C)(C)CC)CC(C)C. The Balaban J connectivity index is 3.72. The molecule has 0 aromatic rings. The van der Waals surface area contributed by atoms with E-state index in [0.29, 0.717) is 0 Å². The molecule has 1 N–H and O–H groups in total. The average Bonchev–Trinajstić information content (AvgIpc) is 2.15. The zero-order valence-corrected chi connectivity index (χ0v) is 11.6. The van der Waals surface area contributed by atoms with Crippen LogP contribution in [0.4, 0.5) is 0 Å². The van der Waals surface area contributed by atoms with Gasteiger partial charge in [-0.2, -0.15) is 0 Å². The first-order chi connectivity index (χ1) is 6.91. The van der Waals surface area contributed by atoms with E-state index in [4.69, 9.17) is 0 Å². The summed E-state index contributed by atoms with van der Waals surface area (Å²) in [5.41, 5.74) is 0.289. The molecule has 0 aromatic heterocycles. The van der Waals surface area contributed by atoms with Crippen molar-refractivity contribution in [1.29, 1.82) is 0 Å². The lowest BCUT2D eigenvalue weighted by Crippen LogP contribution is -2.43. The standard InChI is InChI=1S/C13H30N2/c1-7-13(5,6)14-9-10-15(8-2)11-12(3)4/h12,14H,7-11H2,1-6H3. The molecule has 0 saturated carbocycles. The van der Waals surface area contributed by atoms with E-state index in [1.54, 1.807) is 0 Å². The van der Waals surface area contributed by atoms with Crippen molar-refractivity contribution in [2.24, 2.45) is 5.92 Å². The first kappa shape index (κ1) is 14.9. The van der Waals surface area contributed by atoms with Gasteiger partial charge < -0.3 is 10.2 Å². The van der Waals surface area contributed by atoms with Crippen LogP contribution in [-0.2, 0) is 0 Å². The second kappa shape index (κ2) is 7.24. The van der Waals surface area contributed by atoms with Crippen LogP contribution in [0.3, 0.4) is 0 Å². The number of hydrogen-bond acceptors (Lipinski definition) is 2. The molecule has 15 heavy (non-hydrogen) atoms. The van der Waals surface area contributed by atoms with Gasteiger partial charge in [0.15, 0.2) is 0 Å². The van der Waals surface area contributed by atoms with Crippen LogP contribution in [0, 0.1) is 5.92 Å². The molecule has 0 atom stereocenters. The minimum absolute atomic E-state index is 0.289. The van der Waals surface area contributed by atoms with Gasteiger partial charge in [-0.05, 0) is 32.7 Å². The first-order valence-electron chi connectivity index (χ1n) is 6.38. The molecule has 0 rings (SSSR count). The van der Waals surface area contributed by atoms with Crippen LogP contribution in [0.2, 0.25) is 0 Å². The van der Waals surface area contributed by atoms with E-state index in [0.717, 1.165) is 25.6 Å². The van der Waals surface area contributed by atoms with E-state index in [1.165, 1.54) is 13.0 Å². The van der Waals surface area contributed by atoms with Crippen LogP contribution in [0.5, 0.6) is 0 Å². The van der Waals surface area contributed by atoms with Crippen molar-refractivity contribution in [3.8, 4) is 0 Å². The fourth-order valence-electron chi connectivity index (χ4n) is 1.57. The summed E-state index contributed by atoms with van der Waals surface area (Å²) in [6, 6.07) is 0. The van der Waals surface area contributed by atoms with Crippen LogP contribution in [0.1, 0.15) is 48.0 Å². The van der Waals surface area contributed by atoms with Crippen molar-refractivity contribution < 1.29 is 0 Å². The highest BCUT2D eigenvalue weighted by atomic mass is 15.1. The summed E-state index contributed by atoms with van der Waals surface area (Å²) in [5.74, 6) is 0.768. The van der Waals surface area contributed by atoms with E-state index >= 15 is 0 Å². The van der Waals surface area contributed by atoms with Gasteiger partial charge in [-0.15, -0.1) is 0 Å². The Hall–Kier alpha value is -0.0800. The zero-order chi connectivity index (χ0) is 11.9. The molecule has 0 radical (unpaired) electrons. The second-order valence-corrected chi connectivity index (χ2v) is 5.45. The fourth-order valence-corrected chi connectivity index (χ4v) is 1.57. The maximum Gasteiger partial charge on any atom is 0.0123 e. The molecule has 0 unspecified atom stereocenters. The van der Waals surface area contributed by atoms with Crippen LogP contribution in [-0.4, -0.2) is 36.6 Å². The highest BCUT2D eigenvalue weighted by molar-refractivity contribution is 4.75. The summed E-state index contributed by atoms with van der Waals surface area (Å²) < 4.78 is 0. The van der Waals surface area contributed by atoms with E-state index in [9.17, 15) is 0 Å². The second-order valence-electron chi connectivity index (χ2n) is 5.45. The summed E-state index contributed by atoms with van der Waals surface area (Å²) in [6.45, 7) is 18.2. The predicted octanol–water partition coefficient (Wildman–Crippen LogP) is 2.74. The molecule has 0 amide bonds. The average molecular weight is 214 g/mol. The Labute approximate surface area is 96.4 Å². The molecule has 2 heteroatoms. The van der Waals surface area contributed by atoms with Gasteiger partial charge in [0.1, 0.15) is 0 Å². The molecule has 0 fully saturated rings. The summed E-state index contributed by atoms with van der Waals surface area (Å²) in [7, 11) is 0. The van der Waals surface area contributed by atoms with Crippen molar-refractivity contribution in [3.63, 3.8) is 0 Å². The van der Waals surface area contributed by atoms with E-state index in [1.807, 2.05) is 0 Å². The van der Waals surface area contributed by atoms with Crippen molar-refractivity contribution in [2.45, 2.75) is 53.5 Å². The molecule has 0 aliphatic rings. The quantitative estimate of drug-likeness (QED) is 0.668. The third kappa shape index (κ3) is 7.80. The van der Waals surface area contributed by atoms with Gasteiger partial charge in [0.2, 0.25) is 0 Å². The lowest BCUT2D eigenvalue weighted by Gasteiger charge is -2.28. The van der Waals surface area contributed by atoms with Crippen LogP contribution < -0.4 is 5.32 Å². The molecule has 0 saturated heterocycles. The van der Waals surface area contributed by atoms with E-state index in [-0.39, 0.29) is 5.54 Å². The number of nitrogens with zero attached hydrogens (tertiary/aromatic N) is 1. The van der Waals surface area contributed by atoms with Crippen molar-refractivity contribution in [2.75, 3.05) is 26.2 Å². The molecule has 2 nitrogen and oxygen atoms in total. The lowest BCUT2D eigenvalue weighted by atomic mass is 10.0. The third-order valence-corrected chi connectivity index (χ3v) is 2.99. The third-order valence-electron chi connectivity index (χ3n) is 2.99. The molecular weight excluding hydrogens is 184 g/mol. The largest absolute Gasteiger partial charge is 0.311 e. The highest BCUT2D eigenvalue weighted by Gasteiger charge is 2.13. The van der Waals surface area contributed by atoms with Gasteiger partial charge in [-0.1, -0.05) is 27.7 Å². The molecule has 0 aromatic carbocycles. The monoisotopic (exact) mass is 214 g/mol. The topological polar surface area (TPSA) is 15.3 Å². The summed E-state index contributed by atoms with van der Waals surface area (Å²) in [6.07, 6.45) is 1.18. The van der Waals surface area contributed by atoms with Crippen LogP contribution >= 0.6 is 0 Å². The van der Waals surface area contributed by atoms with Crippen LogP contribution in [0.25, 0.3) is 0 Å².